The largest absolute Gasteiger partial charge is 0.338 e. The molecule has 0 aliphatic carbocycles. The van der Waals surface area contributed by atoms with E-state index in [0.29, 0.717) is 17.6 Å². The second-order valence-electron chi connectivity index (χ2n) is 5.99. The molecule has 0 unspecified atom stereocenters. The first-order valence-electron chi connectivity index (χ1n) is 7.60. The third kappa shape index (κ3) is 3.28. The fourth-order valence-electron chi connectivity index (χ4n) is 2.47. The number of hydrogen-bond donors (Lipinski definition) is 0. The molecule has 0 N–H and O–H groups in total. The van der Waals surface area contributed by atoms with Gasteiger partial charge in [-0.05, 0) is 41.8 Å². The molecule has 0 bridgehead atoms. The summed E-state index contributed by atoms with van der Waals surface area (Å²) in [5, 5.41) is 6.10. The van der Waals surface area contributed by atoms with Gasteiger partial charge in [-0.25, -0.2) is 0 Å². The van der Waals surface area contributed by atoms with Crippen molar-refractivity contribution in [1.82, 2.24) is 10.1 Å². The zero-order valence-corrected chi connectivity index (χ0v) is 13.9. The maximum absolute atomic E-state index is 5.44. The lowest BCUT2D eigenvalue weighted by molar-refractivity contribution is 0.371. The highest BCUT2D eigenvalue weighted by Gasteiger charge is 2.17. The number of rotatable bonds is 5. The molecule has 0 saturated heterocycles. The van der Waals surface area contributed by atoms with Gasteiger partial charge in [0.1, 0.15) is 0 Å². The quantitative estimate of drug-likeness (QED) is 0.654. The third-order valence-electron chi connectivity index (χ3n) is 3.68. The van der Waals surface area contributed by atoms with Crippen molar-refractivity contribution in [3.05, 3.63) is 58.8 Å². The average Bonchev–Trinajstić information content (AvgIpc) is 3.18. The van der Waals surface area contributed by atoms with Crippen molar-refractivity contribution >= 4 is 11.3 Å². The highest BCUT2D eigenvalue weighted by molar-refractivity contribution is 7.13. The Labute approximate surface area is 135 Å². The fourth-order valence-corrected chi connectivity index (χ4v) is 3.12. The third-order valence-corrected chi connectivity index (χ3v) is 4.54. The van der Waals surface area contributed by atoms with E-state index < -0.39 is 0 Å². The summed E-state index contributed by atoms with van der Waals surface area (Å²) >= 11 is 1.62. The lowest BCUT2D eigenvalue weighted by atomic mass is 9.97. The average molecular weight is 312 g/mol. The molecule has 0 aliphatic heterocycles. The number of thiophene rings is 1. The summed E-state index contributed by atoms with van der Waals surface area (Å²) < 4.78 is 5.44. The predicted molar refractivity (Wildman–Crippen MR) is 90.1 cm³/mol. The van der Waals surface area contributed by atoms with Gasteiger partial charge < -0.3 is 4.52 Å². The monoisotopic (exact) mass is 312 g/mol. The Kier molecular flexibility index (Phi) is 4.39. The highest BCUT2D eigenvalue weighted by atomic mass is 32.1. The normalized spacial score (nSPS) is 12.7. The Morgan fingerprint density at radius 2 is 1.86 bits per heavy atom. The van der Waals surface area contributed by atoms with Crippen LogP contribution in [0.15, 0.2) is 46.3 Å². The van der Waals surface area contributed by atoms with Gasteiger partial charge in [-0.3, -0.25) is 0 Å². The van der Waals surface area contributed by atoms with Gasteiger partial charge >= 0.3 is 0 Å². The topological polar surface area (TPSA) is 38.9 Å². The van der Waals surface area contributed by atoms with E-state index in [4.69, 9.17) is 4.52 Å². The molecule has 0 saturated carbocycles. The molecule has 3 aromatic rings. The maximum atomic E-state index is 5.44. The summed E-state index contributed by atoms with van der Waals surface area (Å²) in [5.41, 5.74) is 2.57. The van der Waals surface area contributed by atoms with E-state index in [1.165, 1.54) is 11.1 Å². The van der Waals surface area contributed by atoms with E-state index in [9.17, 15) is 0 Å². The molecule has 0 fully saturated rings. The number of benzene rings is 1. The molecular formula is C18H20N2OS. The molecule has 4 heteroatoms. The van der Waals surface area contributed by atoms with Gasteiger partial charge in [-0.15, -0.1) is 11.3 Å². The molecule has 0 radical (unpaired) electrons. The fraction of sp³-hybridized carbons (Fsp3) is 0.333. The predicted octanol–water partition coefficient (Wildman–Crippen LogP) is 5.15. The van der Waals surface area contributed by atoms with Crippen LogP contribution in [0.25, 0.3) is 10.7 Å². The van der Waals surface area contributed by atoms with E-state index in [-0.39, 0.29) is 5.92 Å². The van der Waals surface area contributed by atoms with E-state index in [1.807, 2.05) is 17.5 Å². The van der Waals surface area contributed by atoms with Crippen LogP contribution < -0.4 is 0 Å². The minimum atomic E-state index is 0.106. The summed E-state index contributed by atoms with van der Waals surface area (Å²) in [6, 6.07) is 12.7. The van der Waals surface area contributed by atoms with Crippen molar-refractivity contribution in [2.24, 2.45) is 5.92 Å². The second-order valence-corrected chi connectivity index (χ2v) is 6.94. The van der Waals surface area contributed by atoms with Crippen molar-refractivity contribution in [3.8, 4) is 10.7 Å². The minimum absolute atomic E-state index is 0.106. The van der Waals surface area contributed by atoms with E-state index in [1.54, 1.807) is 11.3 Å². The Balaban J connectivity index is 1.77. The molecule has 22 heavy (non-hydrogen) atoms. The van der Waals surface area contributed by atoms with Crippen LogP contribution in [0.4, 0.5) is 0 Å². The Hall–Kier alpha value is -1.94. The first-order chi connectivity index (χ1) is 10.6. The van der Waals surface area contributed by atoms with Crippen LogP contribution in [-0.2, 0) is 6.42 Å². The first kappa shape index (κ1) is 15.0. The van der Waals surface area contributed by atoms with Crippen molar-refractivity contribution in [3.63, 3.8) is 0 Å². The van der Waals surface area contributed by atoms with Gasteiger partial charge in [0, 0.05) is 0 Å². The first-order valence-corrected chi connectivity index (χ1v) is 8.47. The SMILES string of the molecule is CC(C)Cc1ccc([C@@H](C)c2nc(-c3cccs3)no2)cc1. The van der Waals surface area contributed by atoms with Gasteiger partial charge in [0.2, 0.25) is 11.7 Å². The summed E-state index contributed by atoms with van der Waals surface area (Å²) in [5.74, 6) is 2.12. The molecular weight excluding hydrogens is 292 g/mol. The van der Waals surface area contributed by atoms with Gasteiger partial charge in [-0.2, -0.15) is 4.98 Å². The lowest BCUT2D eigenvalue weighted by Gasteiger charge is -2.09. The molecule has 3 nitrogen and oxygen atoms in total. The number of nitrogens with zero attached hydrogens (tertiary/aromatic N) is 2. The van der Waals surface area contributed by atoms with Crippen LogP contribution in [0.1, 0.15) is 43.7 Å². The van der Waals surface area contributed by atoms with Gasteiger partial charge in [0.05, 0.1) is 10.8 Å². The standard InChI is InChI=1S/C18H20N2OS/c1-12(2)11-14-6-8-15(9-7-14)13(3)18-19-17(20-21-18)16-5-4-10-22-16/h4-10,12-13H,11H2,1-3H3/t13-/m1/s1. The summed E-state index contributed by atoms with van der Waals surface area (Å²) in [6.45, 7) is 6.57. The van der Waals surface area contributed by atoms with Crippen LogP contribution in [0.2, 0.25) is 0 Å². The van der Waals surface area contributed by atoms with Crippen LogP contribution in [0.3, 0.4) is 0 Å². The molecule has 1 aromatic carbocycles. The van der Waals surface area contributed by atoms with Gasteiger partial charge in [-0.1, -0.05) is 49.3 Å². The Morgan fingerprint density at radius 1 is 1.09 bits per heavy atom. The van der Waals surface area contributed by atoms with Crippen LogP contribution >= 0.6 is 11.3 Å². The van der Waals surface area contributed by atoms with Gasteiger partial charge in [0.25, 0.3) is 0 Å². The molecule has 2 aromatic heterocycles. The van der Waals surface area contributed by atoms with Gasteiger partial charge in [0.15, 0.2) is 0 Å². The van der Waals surface area contributed by atoms with Crippen molar-refractivity contribution in [2.75, 3.05) is 0 Å². The molecule has 0 spiro atoms. The molecule has 0 amide bonds. The summed E-state index contributed by atoms with van der Waals surface area (Å²) in [6.07, 6.45) is 1.11. The number of hydrogen-bond acceptors (Lipinski definition) is 4. The Bertz CT molecular complexity index is 714. The molecule has 1 atom stereocenters. The maximum Gasteiger partial charge on any atom is 0.234 e. The lowest BCUT2D eigenvalue weighted by Crippen LogP contribution is -1.98. The zero-order chi connectivity index (χ0) is 15.5. The van der Waals surface area contributed by atoms with Crippen molar-refractivity contribution < 1.29 is 4.52 Å². The van der Waals surface area contributed by atoms with Crippen molar-refractivity contribution in [2.45, 2.75) is 33.1 Å². The molecule has 2 heterocycles. The summed E-state index contributed by atoms with van der Waals surface area (Å²) in [4.78, 5) is 5.57. The van der Waals surface area contributed by atoms with Crippen LogP contribution in [-0.4, -0.2) is 10.1 Å². The van der Waals surface area contributed by atoms with Crippen LogP contribution in [0, 0.1) is 5.92 Å². The number of aromatic nitrogens is 2. The molecule has 0 aliphatic rings. The van der Waals surface area contributed by atoms with E-state index in [2.05, 4.69) is 55.2 Å². The van der Waals surface area contributed by atoms with Crippen molar-refractivity contribution in [1.29, 1.82) is 0 Å². The highest BCUT2D eigenvalue weighted by Crippen LogP contribution is 2.27. The molecule has 114 valence electrons. The van der Waals surface area contributed by atoms with E-state index >= 15 is 0 Å². The Morgan fingerprint density at radius 3 is 2.50 bits per heavy atom. The van der Waals surface area contributed by atoms with Crippen LogP contribution in [0.5, 0.6) is 0 Å². The second kappa shape index (κ2) is 6.44. The smallest absolute Gasteiger partial charge is 0.234 e. The zero-order valence-electron chi connectivity index (χ0n) is 13.1. The summed E-state index contributed by atoms with van der Waals surface area (Å²) in [7, 11) is 0. The van der Waals surface area contributed by atoms with E-state index in [0.717, 1.165) is 11.3 Å². The minimum Gasteiger partial charge on any atom is -0.338 e. The molecule has 3 rings (SSSR count).